The van der Waals surface area contributed by atoms with Crippen molar-refractivity contribution in [3.8, 4) is 0 Å². The van der Waals surface area contributed by atoms with Crippen LogP contribution in [0.3, 0.4) is 0 Å². The van der Waals surface area contributed by atoms with E-state index in [1.165, 1.54) is 0 Å². The summed E-state index contributed by atoms with van der Waals surface area (Å²) in [5.41, 5.74) is 5.81. The number of aliphatic hydroxyl groups is 1. The van der Waals surface area contributed by atoms with Gasteiger partial charge >= 0.3 is 0 Å². The Labute approximate surface area is 103 Å². The topological polar surface area (TPSA) is 78.6 Å². The van der Waals surface area contributed by atoms with Crippen molar-refractivity contribution < 1.29 is 9.90 Å². The lowest BCUT2D eigenvalue weighted by atomic mass is 10.0. The normalized spacial score (nSPS) is 22.1. The van der Waals surface area contributed by atoms with Gasteiger partial charge in [-0.25, -0.2) is 0 Å². The van der Waals surface area contributed by atoms with Gasteiger partial charge in [-0.1, -0.05) is 6.92 Å². The predicted molar refractivity (Wildman–Crippen MR) is 67.5 cm³/mol. The van der Waals surface area contributed by atoms with Crippen molar-refractivity contribution in [3.05, 3.63) is 0 Å². The van der Waals surface area contributed by atoms with Gasteiger partial charge in [0.25, 0.3) is 0 Å². The van der Waals surface area contributed by atoms with Crippen LogP contribution in [0.25, 0.3) is 0 Å². The second kappa shape index (κ2) is 6.93. The fraction of sp³-hybridized carbons (Fsp3) is 0.917. The molecule has 1 fully saturated rings. The first-order chi connectivity index (χ1) is 8.02. The lowest BCUT2D eigenvalue weighted by Gasteiger charge is -2.30. The molecule has 5 nitrogen and oxygen atoms in total. The van der Waals surface area contributed by atoms with Gasteiger partial charge in [0.1, 0.15) is 0 Å². The van der Waals surface area contributed by atoms with Crippen LogP contribution >= 0.6 is 0 Å². The molecule has 0 saturated carbocycles. The Morgan fingerprint density at radius 1 is 1.47 bits per heavy atom. The molecule has 0 aromatic rings. The summed E-state index contributed by atoms with van der Waals surface area (Å²) in [6.07, 6.45) is 1.94. The molecule has 1 heterocycles. The molecule has 2 atom stereocenters. The Hall–Kier alpha value is -0.650. The average Bonchev–Trinajstić information content (AvgIpc) is 2.30. The van der Waals surface area contributed by atoms with E-state index in [1.54, 1.807) is 0 Å². The highest BCUT2D eigenvalue weighted by molar-refractivity contribution is 5.78. The van der Waals surface area contributed by atoms with Gasteiger partial charge in [0.2, 0.25) is 5.91 Å². The average molecular weight is 243 g/mol. The monoisotopic (exact) mass is 243 g/mol. The molecule has 2 unspecified atom stereocenters. The maximum Gasteiger partial charge on any atom is 0.234 e. The van der Waals surface area contributed by atoms with Crippen LogP contribution in [0, 0.1) is 5.92 Å². The van der Waals surface area contributed by atoms with Crippen molar-refractivity contribution >= 4 is 5.91 Å². The van der Waals surface area contributed by atoms with E-state index in [9.17, 15) is 4.79 Å². The molecule has 100 valence electrons. The van der Waals surface area contributed by atoms with Gasteiger partial charge in [-0.05, 0) is 25.7 Å². The summed E-state index contributed by atoms with van der Waals surface area (Å²) in [6.45, 7) is 6.18. The number of carbonyl (C=O) groups is 1. The van der Waals surface area contributed by atoms with E-state index in [0.717, 1.165) is 25.9 Å². The van der Waals surface area contributed by atoms with Crippen LogP contribution in [0.5, 0.6) is 0 Å². The summed E-state index contributed by atoms with van der Waals surface area (Å²) in [4.78, 5) is 13.9. The van der Waals surface area contributed by atoms with E-state index < -0.39 is 0 Å². The van der Waals surface area contributed by atoms with Crippen LogP contribution in [0.4, 0.5) is 0 Å². The van der Waals surface area contributed by atoms with Crippen LogP contribution in [0.15, 0.2) is 0 Å². The van der Waals surface area contributed by atoms with Gasteiger partial charge in [-0.15, -0.1) is 0 Å². The molecule has 4 N–H and O–H groups in total. The molecule has 1 aliphatic heterocycles. The minimum Gasteiger partial charge on any atom is -0.396 e. The molecule has 1 rings (SSSR count). The fourth-order valence-corrected chi connectivity index (χ4v) is 1.91. The third-order valence-corrected chi connectivity index (χ3v) is 3.53. The number of amides is 1. The Kier molecular flexibility index (Phi) is 5.88. The van der Waals surface area contributed by atoms with Gasteiger partial charge in [0.05, 0.1) is 6.54 Å². The number of nitrogens with zero attached hydrogens (tertiary/aromatic N) is 1. The Morgan fingerprint density at radius 3 is 2.59 bits per heavy atom. The summed E-state index contributed by atoms with van der Waals surface area (Å²) in [7, 11) is 0. The zero-order valence-corrected chi connectivity index (χ0v) is 10.9. The second-order valence-electron chi connectivity index (χ2n) is 5.13. The Bertz CT molecular complexity index is 240. The largest absolute Gasteiger partial charge is 0.396 e. The van der Waals surface area contributed by atoms with E-state index >= 15 is 0 Å². The third kappa shape index (κ3) is 5.02. The first-order valence-electron chi connectivity index (χ1n) is 6.41. The van der Waals surface area contributed by atoms with E-state index in [1.807, 2.05) is 13.8 Å². The zero-order valence-electron chi connectivity index (χ0n) is 10.9. The van der Waals surface area contributed by atoms with Gasteiger partial charge in [0, 0.05) is 31.8 Å². The molecule has 5 heteroatoms. The first-order valence-corrected chi connectivity index (χ1v) is 6.41. The maximum absolute atomic E-state index is 11.8. The lowest BCUT2D eigenvalue weighted by Crippen LogP contribution is -2.47. The van der Waals surface area contributed by atoms with E-state index in [0.29, 0.717) is 12.6 Å². The molecule has 0 bridgehead atoms. The van der Waals surface area contributed by atoms with Crippen molar-refractivity contribution in [1.82, 2.24) is 10.2 Å². The van der Waals surface area contributed by atoms with Crippen molar-refractivity contribution in [2.24, 2.45) is 11.7 Å². The number of rotatable bonds is 5. The molecule has 1 saturated heterocycles. The minimum absolute atomic E-state index is 0.0135. The van der Waals surface area contributed by atoms with E-state index in [4.69, 9.17) is 10.8 Å². The summed E-state index contributed by atoms with van der Waals surface area (Å²) >= 11 is 0. The molecular formula is C12H25N3O2. The number of carbonyl (C=O) groups excluding carboxylic acids is 1. The van der Waals surface area contributed by atoms with Crippen LogP contribution in [-0.2, 0) is 4.79 Å². The smallest absolute Gasteiger partial charge is 0.234 e. The predicted octanol–water partition coefficient (Wildman–Crippen LogP) is -0.457. The summed E-state index contributed by atoms with van der Waals surface area (Å²) in [5.74, 6) is 0.127. The molecule has 0 aromatic carbocycles. The highest BCUT2D eigenvalue weighted by Gasteiger charge is 2.20. The standard InChI is InChI=1S/C12H25N3O2/c1-9(8-16)10(2)14-12(17)7-15-5-3-11(13)4-6-15/h9-11,16H,3-8,13H2,1-2H3,(H,14,17). The number of piperidine rings is 1. The van der Waals surface area contributed by atoms with Crippen LogP contribution in [0.2, 0.25) is 0 Å². The number of hydrogen-bond donors (Lipinski definition) is 3. The second-order valence-corrected chi connectivity index (χ2v) is 5.13. The summed E-state index contributed by atoms with van der Waals surface area (Å²) < 4.78 is 0. The molecule has 0 aliphatic carbocycles. The van der Waals surface area contributed by atoms with Crippen molar-refractivity contribution in [1.29, 1.82) is 0 Å². The molecule has 1 aliphatic rings. The van der Waals surface area contributed by atoms with Gasteiger partial charge in [-0.3, -0.25) is 9.69 Å². The number of nitrogens with two attached hydrogens (primary N) is 1. The molecule has 1 amide bonds. The highest BCUT2D eigenvalue weighted by Crippen LogP contribution is 2.07. The molecule has 0 radical (unpaired) electrons. The molecule has 17 heavy (non-hydrogen) atoms. The summed E-state index contributed by atoms with van der Waals surface area (Å²) in [6, 6.07) is 0.308. The van der Waals surface area contributed by atoms with Gasteiger partial charge in [-0.2, -0.15) is 0 Å². The van der Waals surface area contributed by atoms with Crippen LogP contribution < -0.4 is 11.1 Å². The number of aliphatic hydroxyl groups excluding tert-OH is 1. The highest BCUT2D eigenvalue weighted by atomic mass is 16.3. The van der Waals surface area contributed by atoms with Crippen molar-refractivity contribution in [3.63, 3.8) is 0 Å². The minimum atomic E-state index is 0.0135. The number of hydrogen-bond acceptors (Lipinski definition) is 4. The quantitative estimate of drug-likeness (QED) is 0.611. The van der Waals surface area contributed by atoms with Crippen molar-refractivity contribution in [2.45, 2.75) is 38.8 Å². The van der Waals surface area contributed by atoms with Crippen LogP contribution in [-0.4, -0.2) is 54.2 Å². The maximum atomic E-state index is 11.8. The molecular weight excluding hydrogens is 218 g/mol. The van der Waals surface area contributed by atoms with Crippen molar-refractivity contribution in [2.75, 3.05) is 26.2 Å². The SMILES string of the molecule is CC(CO)C(C)NC(=O)CN1CCC(N)CC1. The fourth-order valence-electron chi connectivity index (χ4n) is 1.91. The number of nitrogens with one attached hydrogen (secondary N) is 1. The Morgan fingerprint density at radius 2 is 2.06 bits per heavy atom. The van der Waals surface area contributed by atoms with Crippen LogP contribution in [0.1, 0.15) is 26.7 Å². The van der Waals surface area contributed by atoms with E-state index in [2.05, 4.69) is 10.2 Å². The lowest BCUT2D eigenvalue weighted by molar-refractivity contribution is -0.123. The van der Waals surface area contributed by atoms with E-state index in [-0.39, 0.29) is 24.5 Å². The zero-order chi connectivity index (χ0) is 12.8. The molecule has 0 aromatic heterocycles. The Balaban J connectivity index is 2.25. The first kappa shape index (κ1) is 14.4. The van der Waals surface area contributed by atoms with Gasteiger partial charge < -0.3 is 16.2 Å². The molecule has 0 spiro atoms. The number of likely N-dealkylation sites (tertiary alicyclic amines) is 1. The van der Waals surface area contributed by atoms with Gasteiger partial charge in [0.15, 0.2) is 0 Å². The third-order valence-electron chi connectivity index (χ3n) is 3.53. The summed E-state index contributed by atoms with van der Waals surface area (Å²) in [5, 5.41) is 11.9.